The van der Waals surface area contributed by atoms with Crippen molar-refractivity contribution < 1.29 is 4.39 Å². The Morgan fingerprint density at radius 2 is 2.06 bits per heavy atom. The second-order valence-electron chi connectivity index (χ2n) is 5.02. The molecule has 0 spiro atoms. The van der Waals surface area contributed by atoms with E-state index in [1.54, 1.807) is 12.1 Å². The van der Waals surface area contributed by atoms with Gasteiger partial charge in [0.1, 0.15) is 5.82 Å². The van der Waals surface area contributed by atoms with E-state index in [2.05, 4.69) is 18.7 Å². The zero-order valence-electron chi connectivity index (χ0n) is 11.0. The van der Waals surface area contributed by atoms with E-state index >= 15 is 0 Å². The second-order valence-corrected chi connectivity index (χ2v) is 6.90. The number of nitrogens with zero attached hydrogens (tertiary/aromatic N) is 1. The van der Waals surface area contributed by atoms with Gasteiger partial charge < -0.3 is 5.73 Å². The van der Waals surface area contributed by atoms with Crippen LogP contribution < -0.4 is 5.73 Å². The summed E-state index contributed by atoms with van der Waals surface area (Å²) in [5.74, 6) is -0.182. The molecule has 0 saturated carbocycles. The van der Waals surface area contributed by atoms with Gasteiger partial charge in [0.05, 0.1) is 0 Å². The largest absolute Gasteiger partial charge is 0.329 e. The fourth-order valence-electron chi connectivity index (χ4n) is 2.68. The van der Waals surface area contributed by atoms with E-state index in [0.717, 1.165) is 18.7 Å². The third kappa shape index (κ3) is 3.25. The molecular weight excluding hydrogens is 247 g/mol. The van der Waals surface area contributed by atoms with Gasteiger partial charge in [0.2, 0.25) is 0 Å². The molecule has 2 N–H and O–H groups in total. The Morgan fingerprint density at radius 3 is 2.61 bits per heavy atom. The zero-order valence-corrected chi connectivity index (χ0v) is 11.8. The van der Waals surface area contributed by atoms with E-state index in [4.69, 9.17) is 5.73 Å². The number of hydrogen-bond acceptors (Lipinski definition) is 3. The van der Waals surface area contributed by atoms with Gasteiger partial charge in [0.25, 0.3) is 0 Å². The van der Waals surface area contributed by atoms with Crippen molar-refractivity contribution in [2.45, 2.75) is 30.4 Å². The minimum atomic E-state index is -0.182. The second kappa shape index (κ2) is 6.04. The fraction of sp³-hybridized carbons (Fsp3) is 0.571. The molecule has 0 amide bonds. The molecule has 0 bridgehead atoms. The Hall–Kier alpha value is -0.580. The summed E-state index contributed by atoms with van der Waals surface area (Å²) in [4.78, 5) is 2.39. The van der Waals surface area contributed by atoms with Crippen molar-refractivity contribution in [2.24, 2.45) is 5.73 Å². The molecule has 1 aromatic carbocycles. The molecule has 0 aliphatic carbocycles. The predicted molar refractivity (Wildman–Crippen MR) is 76.3 cm³/mol. The van der Waals surface area contributed by atoms with Gasteiger partial charge in [-0.15, -0.1) is 0 Å². The highest BCUT2D eigenvalue weighted by Gasteiger charge is 2.28. The van der Waals surface area contributed by atoms with Gasteiger partial charge in [-0.3, -0.25) is 4.90 Å². The summed E-state index contributed by atoms with van der Waals surface area (Å²) in [7, 11) is 0. The highest BCUT2D eigenvalue weighted by Crippen LogP contribution is 2.30. The Morgan fingerprint density at radius 1 is 1.39 bits per heavy atom. The summed E-state index contributed by atoms with van der Waals surface area (Å²) in [5.41, 5.74) is 6.90. The molecule has 18 heavy (non-hydrogen) atoms. The minimum Gasteiger partial charge on any atom is -0.329 e. The standard InChI is InChI=1S/C14H21FN2S/c1-10-8-17(9-11(2)18-10)14(7-16)12-4-3-5-13(15)6-12/h3-6,10-11,14H,7-9,16H2,1-2H3. The summed E-state index contributed by atoms with van der Waals surface area (Å²) >= 11 is 2.01. The SMILES string of the molecule is CC1CN(C(CN)c2cccc(F)c2)CC(C)S1. The molecule has 3 unspecified atom stereocenters. The number of benzene rings is 1. The first-order valence-electron chi connectivity index (χ1n) is 6.45. The van der Waals surface area contributed by atoms with Crippen molar-refractivity contribution in [1.29, 1.82) is 0 Å². The van der Waals surface area contributed by atoms with Crippen molar-refractivity contribution in [1.82, 2.24) is 4.90 Å². The molecular formula is C14H21FN2S. The van der Waals surface area contributed by atoms with Crippen LogP contribution in [0.5, 0.6) is 0 Å². The molecule has 4 heteroatoms. The topological polar surface area (TPSA) is 29.3 Å². The first kappa shape index (κ1) is 13.8. The maximum Gasteiger partial charge on any atom is 0.123 e. The predicted octanol–water partition coefficient (Wildman–Crippen LogP) is 2.65. The smallest absolute Gasteiger partial charge is 0.123 e. The Balaban J connectivity index is 2.17. The van der Waals surface area contributed by atoms with Gasteiger partial charge in [0, 0.05) is 36.2 Å². The van der Waals surface area contributed by atoms with E-state index < -0.39 is 0 Å². The lowest BCUT2D eigenvalue weighted by Gasteiger charge is -2.39. The number of thioether (sulfide) groups is 1. The van der Waals surface area contributed by atoms with Crippen molar-refractivity contribution in [3.63, 3.8) is 0 Å². The molecule has 100 valence electrons. The van der Waals surface area contributed by atoms with Crippen LogP contribution >= 0.6 is 11.8 Å². The Labute approximate surface area is 113 Å². The summed E-state index contributed by atoms with van der Waals surface area (Å²) in [6, 6.07) is 6.95. The van der Waals surface area contributed by atoms with Crippen LogP contribution in [0.15, 0.2) is 24.3 Å². The highest BCUT2D eigenvalue weighted by molar-refractivity contribution is 8.00. The van der Waals surface area contributed by atoms with Crippen LogP contribution in [0, 0.1) is 5.82 Å². The van der Waals surface area contributed by atoms with Gasteiger partial charge in [-0.05, 0) is 17.7 Å². The van der Waals surface area contributed by atoms with Gasteiger partial charge in [-0.25, -0.2) is 4.39 Å². The van der Waals surface area contributed by atoms with Crippen LogP contribution in [0.4, 0.5) is 4.39 Å². The minimum absolute atomic E-state index is 0.131. The average Bonchev–Trinajstić information content (AvgIpc) is 2.28. The molecule has 0 aromatic heterocycles. The van der Waals surface area contributed by atoms with E-state index in [-0.39, 0.29) is 11.9 Å². The molecule has 1 aromatic rings. The zero-order chi connectivity index (χ0) is 13.1. The maximum atomic E-state index is 13.3. The molecule has 3 atom stereocenters. The Bertz CT molecular complexity index is 389. The summed E-state index contributed by atoms with van der Waals surface area (Å²) in [6.45, 7) is 7.06. The molecule has 1 saturated heterocycles. The van der Waals surface area contributed by atoms with Crippen LogP contribution in [0.1, 0.15) is 25.5 Å². The van der Waals surface area contributed by atoms with Crippen LogP contribution in [0.2, 0.25) is 0 Å². The monoisotopic (exact) mass is 268 g/mol. The molecule has 1 fully saturated rings. The molecule has 1 aliphatic heterocycles. The van der Waals surface area contributed by atoms with Crippen molar-refractivity contribution in [3.8, 4) is 0 Å². The van der Waals surface area contributed by atoms with Gasteiger partial charge >= 0.3 is 0 Å². The average molecular weight is 268 g/mol. The molecule has 1 aliphatic rings. The van der Waals surface area contributed by atoms with Crippen LogP contribution in [-0.2, 0) is 0 Å². The molecule has 0 radical (unpaired) electrons. The van der Waals surface area contributed by atoms with E-state index in [9.17, 15) is 4.39 Å². The molecule has 2 rings (SSSR count). The first-order chi connectivity index (χ1) is 8.60. The molecule has 1 heterocycles. The fourth-order valence-corrected chi connectivity index (χ4v) is 4.03. The normalized spacial score (nSPS) is 27.1. The lowest BCUT2D eigenvalue weighted by molar-refractivity contribution is 0.199. The Kier molecular flexibility index (Phi) is 4.65. The van der Waals surface area contributed by atoms with Crippen LogP contribution in [0.3, 0.4) is 0 Å². The number of hydrogen-bond donors (Lipinski definition) is 1. The maximum absolute atomic E-state index is 13.3. The van der Waals surface area contributed by atoms with Gasteiger partial charge in [0.15, 0.2) is 0 Å². The number of nitrogens with two attached hydrogens (primary N) is 1. The first-order valence-corrected chi connectivity index (χ1v) is 7.39. The summed E-state index contributed by atoms with van der Waals surface area (Å²) in [6.07, 6.45) is 0. The summed E-state index contributed by atoms with van der Waals surface area (Å²) < 4.78 is 13.3. The van der Waals surface area contributed by atoms with Gasteiger partial charge in [-0.2, -0.15) is 11.8 Å². The van der Waals surface area contributed by atoms with Crippen LogP contribution in [0.25, 0.3) is 0 Å². The lowest BCUT2D eigenvalue weighted by atomic mass is 10.0. The third-order valence-corrected chi connectivity index (χ3v) is 4.57. The molecule has 2 nitrogen and oxygen atoms in total. The number of rotatable bonds is 3. The van der Waals surface area contributed by atoms with Crippen molar-refractivity contribution in [2.75, 3.05) is 19.6 Å². The van der Waals surface area contributed by atoms with E-state index in [1.807, 2.05) is 17.8 Å². The van der Waals surface area contributed by atoms with E-state index in [1.165, 1.54) is 6.07 Å². The van der Waals surface area contributed by atoms with Crippen molar-refractivity contribution >= 4 is 11.8 Å². The van der Waals surface area contributed by atoms with Gasteiger partial charge in [-0.1, -0.05) is 26.0 Å². The third-order valence-electron chi connectivity index (χ3n) is 3.35. The summed E-state index contributed by atoms with van der Waals surface area (Å²) in [5, 5.41) is 1.22. The van der Waals surface area contributed by atoms with E-state index in [0.29, 0.717) is 17.0 Å². The quantitative estimate of drug-likeness (QED) is 0.914. The lowest BCUT2D eigenvalue weighted by Crippen LogP contribution is -2.44. The highest BCUT2D eigenvalue weighted by atomic mass is 32.2. The van der Waals surface area contributed by atoms with Crippen LogP contribution in [-0.4, -0.2) is 35.0 Å². The van der Waals surface area contributed by atoms with Crippen molar-refractivity contribution in [3.05, 3.63) is 35.6 Å². The number of halogens is 1.